The molecule has 1 aromatic carbocycles. The average Bonchev–Trinajstić information content (AvgIpc) is 3.51. The van der Waals surface area contributed by atoms with Crippen LogP contribution < -0.4 is 0 Å². The fourth-order valence-corrected chi connectivity index (χ4v) is 8.46. The van der Waals surface area contributed by atoms with E-state index >= 15 is 0 Å². The maximum absolute atomic E-state index is 14.1. The molecule has 0 aromatic heterocycles. The van der Waals surface area contributed by atoms with Gasteiger partial charge in [-0.1, -0.05) is 17.7 Å². The molecule has 4 heterocycles. The Bertz CT molecular complexity index is 1190. The first-order valence-electron chi connectivity index (χ1n) is 13.7. The molecule has 0 aliphatic carbocycles. The minimum absolute atomic E-state index is 0.00469. The van der Waals surface area contributed by atoms with Crippen LogP contribution in [0.1, 0.15) is 37.7 Å². The van der Waals surface area contributed by atoms with E-state index in [-0.39, 0.29) is 60.2 Å². The Morgan fingerprint density at radius 1 is 1.03 bits per heavy atom. The fraction of sp³-hybridized carbons (Fsp3) is 0.731. The lowest BCUT2D eigenvalue weighted by molar-refractivity contribution is -0.735. The number of aliphatic hydroxyl groups is 1. The molecule has 216 valence electrons. The number of hydrogen-bond acceptors (Lipinski definition) is 5. The summed E-state index contributed by atoms with van der Waals surface area (Å²) in [6.07, 6.45) is -2.38. The Kier molecular flexibility index (Phi) is 7.70. The molecule has 0 spiro atoms. The zero-order valence-electron chi connectivity index (χ0n) is 22.0. The first-order valence-corrected chi connectivity index (χ1v) is 15.1. The summed E-state index contributed by atoms with van der Waals surface area (Å²) in [7, 11) is -3.63. The van der Waals surface area contributed by atoms with E-state index in [1.54, 1.807) is 24.3 Å². The number of carbonyl (C=O) groups is 1. The van der Waals surface area contributed by atoms with Gasteiger partial charge in [-0.3, -0.25) is 4.79 Å². The maximum atomic E-state index is 14.1. The summed E-state index contributed by atoms with van der Waals surface area (Å²) in [5.41, 5.74) is 0.963. The lowest BCUT2D eigenvalue weighted by Crippen LogP contribution is -2.50. The molecule has 4 fully saturated rings. The number of amides is 1. The summed E-state index contributed by atoms with van der Waals surface area (Å²) in [5.74, 6) is -2.26. The van der Waals surface area contributed by atoms with Gasteiger partial charge in [-0.2, -0.15) is 17.5 Å². The van der Waals surface area contributed by atoms with Gasteiger partial charge in [0, 0.05) is 38.7 Å². The van der Waals surface area contributed by atoms with E-state index < -0.39 is 40.1 Å². The van der Waals surface area contributed by atoms with E-state index in [1.165, 1.54) is 14.2 Å². The van der Waals surface area contributed by atoms with Crippen LogP contribution >= 0.6 is 0 Å². The number of rotatable bonds is 5. The number of carbonyl (C=O) groups excluding carboxylic acids is 1. The van der Waals surface area contributed by atoms with Crippen molar-refractivity contribution in [1.29, 1.82) is 0 Å². The number of piperidine rings is 2. The molecule has 1 amide bonds. The molecule has 5 atom stereocenters. The van der Waals surface area contributed by atoms with Crippen molar-refractivity contribution in [1.82, 2.24) is 14.2 Å². The number of nitroso groups, excluding NO2 is 1. The predicted octanol–water partition coefficient (Wildman–Crippen LogP) is 2.57. The van der Waals surface area contributed by atoms with Gasteiger partial charge in [-0.05, 0) is 63.0 Å². The van der Waals surface area contributed by atoms with Crippen LogP contribution in [0.3, 0.4) is 0 Å². The lowest BCUT2D eigenvalue weighted by Gasteiger charge is -2.40. The molecular formula is C26H36F3N4O5S+. The summed E-state index contributed by atoms with van der Waals surface area (Å²) >= 11 is 0. The number of aryl methyl sites for hydroxylation is 1. The SMILES string of the molecule is Cc1ccc(S(=O)(=O)N2CCC(C3CCN4C(C3)C(C(=O)N3CCC(CO)C3)C(C(F)(F)F)[N+]4=O)CC2)cc1. The van der Waals surface area contributed by atoms with Gasteiger partial charge in [-0.25, -0.2) is 8.42 Å². The molecule has 1 N–H and O–H groups in total. The van der Waals surface area contributed by atoms with Gasteiger partial charge in [0.25, 0.3) is 0 Å². The maximum Gasteiger partial charge on any atom is 0.460 e. The third kappa shape index (κ3) is 5.29. The monoisotopic (exact) mass is 573 g/mol. The molecule has 0 bridgehead atoms. The number of fused-ring (bicyclic) bond motifs is 1. The first-order chi connectivity index (χ1) is 18.4. The van der Waals surface area contributed by atoms with E-state index in [9.17, 15) is 36.4 Å². The van der Waals surface area contributed by atoms with E-state index in [0.29, 0.717) is 38.8 Å². The normalized spacial score (nSPS) is 31.1. The number of halogens is 3. The van der Waals surface area contributed by atoms with Gasteiger partial charge < -0.3 is 10.0 Å². The van der Waals surface area contributed by atoms with Gasteiger partial charge in [-0.15, -0.1) is 5.01 Å². The van der Waals surface area contributed by atoms with E-state index in [0.717, 1.165) is 5.56 Å². The van der Waals surface area contributed by atoms with Crippen LogP contribution in [-0.4, -0.2) is 96.1 Å². The third-order valence-corrected chi connectivity index (χ3v) is 11.1. The number of alkyl halides is 3. The number of sulfonamides is 1. The highest BCUT2D eigenvalue weighted by molar-refractivity contribution is 7.89. The van der Waals surface area contributed by atoms with Crippen LogP contribution in [0.15, 0.2) is 29.2 Å². The number of likely N-dealkylation sites (tertiary alicyclic amines) is 1. The number of benzene rings is 1. The fourth-order valence-electron chi connectivity index (χ4n) is 6.99. The largest absolute Gasteiger partial charge is 0.460 e. The molecule has 4 aliphatic rings. The van der Waals surface area contributed by atoms with Crippen molar-refractivity contribution < 1.29 is 36.4 Å². The van der Waals surface area contributed by atoms with Gasteiger partial charge in [0.15, 0.2) is 0 Å². The molecule has 4 aliphatic heterocycles. The molecule has 0 saturated carbocycles. The van der Waals surface area contributed by atoms with Crippen molar-refractivity contribution >= 4 is 15.9 Å². The summed E-state index contributed by atoms with van der Waals surface area (Å²) in [6.45, 7) is 2.99. The predicted molar refractivity (Wildman–Crippen MR) is 135 cm³/mol. The van der Waals surface area contributed by atoms with Crippen molar-refractivity contribution in [2.75, 3.05) is 39.3 Å². The van der Waals surface area contributed by atoms with E-state index in [2.05, 4.69) is 0 Å². The molecular weight excluding hydrogens is 537 g/mol. The smallest absolute Gasteiger partial charge is 0.396 e. The van der Waals surface area contributed by atoms with Crippen LogP contribution in [0.25, 0.3) is 0 Å². The summed E-state index contributed by atoms with van der Waals surface area (Å²) in [5, 5.41) is 10.6. The lowest BCUT2D eigenvalue weighted by atomic mass is 9.74. The Hall–Kier alpha value is -2.25. The highest BCUT2D eigenvalue weighted by Crippen LogP contribution is 2.46. The van der Waals surface area contributed by atoms with Crippen LogP contribution in [0, 0.1) is 35.5 Å². The second-order valence-corrected chi connectivity index (χ2v) is 13.4. The van der Waals surface area contributed by atoms with Crippen molar-refractivity contribution in [2.24, 2.45) is 23.7 Å². The Morgan fingerprint density at radius 3 is 2.26 bits per heavy atom. The summed E-state index contributed by atoms with van der Waals surface area (Å²) in [6, 6.07) is 3.42. The number of nitrogens with zero attached hydrogens (tertiary/aromatic N) is 4. The van der Waals surface area contributed by atoms with Crippen LogP contribution in [0.5, 0.6) is 0 Å². The van der Waals surface area contributed by atoms with Gasteiger partial charge in [0.05, 0.1) is 16.3 Å². The molecule has 1 aromatic rings. The van der Waals surface area contributed by atoms with Crippen LogP contribution in [-0.2, 0) is 14.8 Å². The standard InChI is InChI=1S/C26H36F3N4O5S/c1-17-2-4-21(5-3-17)39(37,38)31-11-7-19(8-12-31)20-9-13-32-22(14-20)23(24(33(32)36)26(27,28)29)25(35)30-10-6-18(15-30)16-34/h2-5,18-20,22-24,34H,6-16H2,1H3/q+1. The minimum Gasteiger partial charge on any atom is -0.396 e. The Labute approximate surface area is 226 Å². The molecule has 5 rings (SSSR count). The molecule has 0 radical (unpaired) electrons. The Morgan fingerprint density at radius 2 is 1.67 bits per heavy atom. The average molecular weight is 574 g/mol. The molecule has 13 heteroatoms. The zero-order valence-corrected chi connectivity index (χ0v) is 22.8. The minimum atomic E-state index is -4.86. The number of aliphatic hydroxyl groups excluding tert-OH is 1. The number of hydrazine groups is 1. The van der Waals surface area contributed by atoms with Crippen molar-refractivity contribution in [3.05, 3.63) is 34.7 Å². The van der Waals surface area contributed by atoms with Gasteiger partial charge in [0.1, 0.15) is 16.8 Å². The van der Waals surface area contributed by atoms with Gasteiger partial charge in [0.2, 0.25) is 15.9 Å². The van der Waals surface area contributed by atoms with Crippen molar-refractivity contribution in [3.63, 3.8) is 0 Å². The van der Waals surface area contributed by atoms with Crippen molar-refractivity contribution in [3.8, 4) is 0 Å². The highest BCUT2D eigenvalue weighted by Gasteiger charge is 2.71. The molecule has 39 heavy (non-hydrogen) atoms. The summed E-state index contributed by atoms with van der Waals surface area (Å²) < 4.78 is 70.0. The van der Waals surface area contributed by atoms with Gasteiger partial charge >= 0.3 is 12.2 Å². The number of hydrogen-bond donors (Lipinski definition) is 1. The Balaban J connectivity index is 1.29. The van der Waals surface area contributed by atoms with Crippen LogP contribution in [0.2, 0.25) is 0 Å². The molecule has 4 saturated heterocycles. The second-order valence-electron chi connectivity index (χ2n) is 11.5. The van der Waals surface area contributed by atoms with E-state index in [4.69, 9.17) is 0 Å². The third-order valence-electron chi connectivity index (χ3n) is 9.20. The summed E-state index contributed by atoms with van der Waals surface area (Å²) in [4.78, 5) is 27.9. The molecule has 5 unspecified atom stereocenters. The van der Waals surface area contributed by atoms with Crippen LogP contribution in [0.4, 0.5) is 13.2 Å². The quantitative estimate of drug-likeness (QED) is 0.544. The topological polar surface area (TPSA) is 101 Å². The second kappa shape index (κ2) is 10.6. The molecule has 9 nitrogen and oxygen atoms in total. The van der Waals surface area contributed by atoms with Crippen molar-refractivity contribution in [2.45, 2.75) is 62.2 Å². The first kappa shape index (κ1) is 28.3. The highest BCUT2D eigenvalue weighted by atomic mass is 32.2. The van der Waals surface area contributed by atoms with E-state index in [1.807, 2.05) is 6.92 Å². The zero-order chi connectivity index (χ0) is 28.1.